The predicted molar refractivity (Wildman–Crippen MR) is 96.8 cm³/mol. The van der Waals surface area contributed by atoms with Crippen molar-refractivity contribution in [3.8, 4) is 0 Å². The van der Waals surface area contributed by atoms with Crippen LogP contribution in [-0.4, -0.2) is 30.1 Å². The van der Waals surface area contributed by atoms with E-state index in [2.05, 4.69) is 62.2 Å². The summed E-state index contributed by atoms with van der Waals surface area (Å²) in [6, 6.07) is 9.13. The number of thioether (sulfide) groups is 1. The van der Waals surface area contributed by atoms with E-state index in [9.17, 15) is 0 Å². The van der Waals surface area contributed by atoms with Crippen LogP contribution in [0.15, 0.2) is 29.3 Å². The van der Waals surface area contributed by atoms with Crippen LogP contribution in [0.3, 0.4) is 0 Å². The molecule has 3 nitrogen and oxygen atoms in total. The van der Waals surface area contributed by atoms with E-state index in [1.165, 1.54) is 12.1 Å². The summed E-state index contributed by atoms with van der Waals surface area (Å²) >= 11 is 1.84. The monoisotopic (exact) mass is 305 g/mol. The molecule has 0 spiro atoms. The molecule has 0 fully saturated rings. The van der Waals surface area contributed by atoms with Gasteiger partial charge in [0.15, 0.2) is 5.17 Å². The van der Waals surface area contributed by atoms with E-state index >= 15 is 0 Å². The highest BCUT2D eigenvalue weighted by molar-refractivity contribution is 8.14. The average Bonchev–Trinajstić information content (AvgIpc) is 2.88. The molecule has 0 radical (unpaired) electrons. The zero-order valence-corrected chi connectivity index (χ0v) is 14.4. The Bertz CT molecular complexity index is 463. The molecule has 0 amide bonds. The Hall–Kier alpha value is -1.16. The van der Waals surface area contributed by atoms with Crippen molar-refractivity contribution in [1.29, 1.82) is 0 Å². The van der Waals surface area contributed by atoms with E-state index in [-0.39, 0.29) is 0 Å². The Balaban J connectivity index is 1.95. The molecule has 1 aromatic rings. The van der Waals surface area contributed by atoms with Crippen LogP contribution in [0, 0.1) is 5.92 Å². The van der Waals surface area contributed by atoms with E-state index in [1.54, 1.807) is 0 Å². The molecule has 0 aromatic heterocycles. The standard InChI is InChI=1S/C17H27N3S/c1-5-20(6-2)16-9-7-14(8-10-16)18-17-19-15(12-21-17)11-13(3)4/h7-10,13,15H,5-6,11-12H2,1-4H3,(H,18,19). The van der Waals surface area contributed by atoms with Gasteiger partial charge in [-0.2, -0.15) is 0 Å². The quantitative estimate of drug-likeness (QED) is 0.840. The first-order valence-electron chi connectivity index (χ1n) is 7.95. The second-order valence-electron chi connectivity index (χ2n) is 5.87. The molecule has 2 rings (SSSR count). The van der Waals surface area contributed by atoms with E-state index in [0.29, 0.717) is 12.0 Å². The smallest absolute Gasteiger partial charge is 0.161 e. The summed E-state index contributed by atoms with van der Waals surface area (Å²) < 4.78 is 0. The molecule has 1 aliphatic heterocycles. The number of anilines is 2. The van der Waals surface area contributed by atoms with E-state index < -0.39 is 0 Å². The van der Waals surface area contributed by atoms with Gasteiger partial charge in [-0.1, -0.05) is 25.6 Å². The van der Waals surface area contributed by atoms with Crippen LogP contribution in [-0.2, 0) is 0 Å². The molecule has 1 atom stereocenters. The highest BCUT2D eigenvalue weighted by Gasteiger charge is 2.19. The maximum absolute atomic E-state index is 4.77. The summed E-state index contributed by atoms with van der Waals surface area (Å²) in [7, 11) is 0. The lowest BCUT2D eigenvalue weighted by atomic mass is 10.1. The van der Waals surface area contributed by atoms with Gasteiger partial charge in [-0.05, 0) is 50.5 Å². The van der Waals surface area contributed by atoms with E-state index in [4.69, 9.17) is 4.99 Å². The molecule has 0 bridgehead atoms. The van der Waals surface area contributed by atoms with E-state index in [0.717, 1.165) is 29.7 Å². The third kappa shape index (κ3) is 4.67. The number of nitrogens with zero attached hydrogens (tertiary/aromatic N) is 2. The number of hydrogen-bond acceptors (Lipinski definition) is 4. The van der Waals surface area contributed by atoms with Crippen LogP contribution in [0.5, 0.6) is 0 Å². The first-order chi connectivity index (χ1) is 10.1. The van der Waals surface area contributed by atoms with Crippen molar-refractivity contribution >= 4 is 28.3 Å². The summed E-state index contributed by atoms with van der Waals surface area (Å²) in [5.74, 6) is 1.82. The fourth-order valence-corrected chi connectivity index (χ4v) is 3.59. The third-order valence-corrected chi connectivity index (χ3v) is 4.74. The summed E-state index contributed by atoms with van der Waals surface area (Å²) in [4.78, 5) is 7.12. The van der Waals surface area contributed by atoms with Gasteiger partial charge in [0.25, 0.3) is 0 Å². The minimum Gasteiger partial charge on any atom is -0.372 e. The number of rotatable bonds is 6. The first-order valence-corrected chi connectivity index (χ1v) is 8.93. The van der Waals surface area contributed by atoms with Crippen molar-refractivity contribution in [3.63, 3.8) is 0 Å². The fourth-order valence-electron chi connectivity index (χ4n) is 2.62. The molecule has 1 aromatic carbocycles. The maximum Gasteiger partial charge on any atom is 0.161 e. The number of hydrogen-bond donors (Lipinski definition) is 1. The molecule has 21 heavy (non-hydrogen) atoms. The largest absolute Gasteiger partial charge is 0.372 e. The SMILES string of the molecule is CCN(CC)c1ccc(NC2=NC(CC(C)C)CS2)cc1. The molecule has 4 heteroatoms. The van der Waals surface area contributed by atoms with Gasteiger partial charge in [0.05, 0.1) is 6.04 Å². The fraction of sp³-hybridized carbons (Fsp3) is 0.588. The van der Waals surface area contributed by atoms with Gasteiger partial charge in [-0.25, -0.2) is 0 Å². The lowest BCUT2D eigenvalue weighted by molar-refractivity contribution is 0.529. The normalized spacial score (nSPS) is 18.0. The Morgan fingerprint density at radius 1 is 1.24 bits per heavy atom. The molecule has 1 unspecified atom stereocenters. The molecule has 1 heterocycles. The minimum absolute atomic E-state index is 0.479. The van der Waals surface area contributed by atoms with Crippen molar-refractivity contribution < 1.29 is 0 Å². The van der Waals surface area contributed by atoms with E-state index in [1.807, 2.05) is 11.8 Å². The Labute approximate surface area is 133 Å². The van der Waals surface area contributed by atoms with Crippen LogP contribution in [0.25, 0.3) is 0 Å². The third-order valence-electron chi connectivity index (χ3n) is 3.70. The first kappa shape index (κ1) is 16.2. The van der Waals surface area contributed by atoms with Crippen molar-refractivity contribution in [2.24, 2.45) is 10.9 Å². The van der Waals surface area contributed by atoms with Crippen LogP contribution in [0.2, 0.25) is 0 Å². The Morgan fingerprint density at radius 2 is 1.90 bits per heavy atom. The van der Waals surface area contributed by atoms with Crippen molar-refractivity contribution in [3.05, 3.63) is 24.3 Å². The van der Waals surface area contributed by atoms with Gasteiger partial charge in [0, 0.05) is 30.2 Å². The summed E-state index contributed by atoms with van der Waals surface area (Å²) in [5.41, 5.74) is 2.41. The summed E-state index contributed by atoms with van der Waals surface area (Å²) in [6.45, 7) is 11.0. The second kappa shape index (κ2) is 7.74. The zero-order valence-electron chi connectivity index (χ0n) is 13.6. The summed E-state index contributed by atoms with van der Waals surface area (Å²) in [6.07, 6.45) is 1.18. The van der Waals surface area contributed by atoms with Gasteiger partial charge < -0.3 is 10.2 Å². The molecule has 1 N–H and O–H groups in total. The molecule has 0 saturated carbocycles. The minimum atomic E-state index is 0.479. The maximum atomic E-state index is 4.77. The molecule has 0 aliphatic carbocycles. The van der Waals surface area contributed by atoms with Crippen LogP contribution in [0.4, 0.5) is 11.4 Å². The number of benzene rings is 1. The lowest BCUT2D eigenvalue weighted by Gasteiger charge is -2.21. The Kier molecular flexibility index (Phi) is 5.97. The highest BCUT2D eigenvalue weighted by atomic mass is 32.2. The number of amidine groups is 1. The number of aliphatic imine (C=N–C) groups is 1. The van der Waals surface area contributed by atoms with Crippen LogP contribution in [0.1, 0.15) is 34.1 Å². The van der Waals surface area contributed by atoms with Crippen LogP contribution >= 0.6 is 11.8 Å². The van der Waals surface area contributed by atoms with Crippen molar-refractivity contribution in [1.82, 2.24) is 0 Å². The topological polar surface area (TPSA) is 27.6 Å². The molecule has 116 valence electrons. The van der Waals surface area contributed by atoms with Gasteiger partial charge in [0.1, 0.15) is 0 Å². The highest BCUT2D eigenvalue weighted by Crippen LogP contribution is 2.25. The van der Waals surface area contributed by atoms with Crippen LogP contribution < -0.4 is 10.2 Å². The van der Waals surface area contributed by atoms with Gasteiger partial charge in [-0.15, -0.1) is 0 Å². The zero-order chi connectivity index (χ0) is 15.2. The summed E-state index contributed by atoms with van der Waals surface area (Å²) in [5, 5.41) is 4.51. The lowest BCUT2D eigenvalue weighted by Crippen LogP contribution is -2.21. The predicted octanol–water partition coefficient (Wildman–Crippen LogP) is 4.46. The molecular weight excluding hydrogens is 278 g/mol. The van der Waals surface area contributed by atoms with Gasteiger partial charge in [-0.3, -0.25) is 4.99 Å². The van der Waals surface area contributed by atoms with Gasteiger partial charge in [0.2, 0.25) is 0 Å². The van der Waals surface area contributed by atoms with Gasteiger partial charge >= 0.3 is 0 Å². The second-order valence-corrected chi connectivity index (χ2v) is 6.88. The molecular formula is C17H27N3S. The molecule has 0 saturated heterocycles. The number of nitrogens with one attached hydrogen (secondary N) is 1. The Morgan fingerprint density at radius 3 is 2.48 bits per heavy atom. The average molecular weight is 305 g/mol. The molecule has 1 aliphatic rings. The van der Waals surface area contributed by atoms with Crippen molar-refractivity contribution in [2.45, 2.75) is 40.2 Å². The van der Waals surface area contributed by atoms with Crippen molar-refractivity contribution in [2.75, 3.05) is 29.1 Å².